The standard InChI is InChI=1S/C40H64N6O9S/c1-6-7-8-16-27(17-10-13-23-41-36(52)40(22-12-9-21-32(47)48)33-31(25-56-40)43-37(53)45-33)28-18-15-19-29(26(28)2)34(49)46-42-24-14-11-20-30(35(50)51)44-38(54)55-39(3,4)5/h15,18-19,27,30-31,33,42H,6-14,16-17,20-25H2,1-5H3,(H,41,52)(H,44,54)(H,46,49)(H,47,48)(H,50,51)(H2,43,45,53)/t27?,30-,31-,33-,40-/m0/s1. The SMILES string of the molecule is CCCCCC(CCCCNC(=O)[C@@]1(CCCCC(=O)O)SC[C@@H]2NC(=O)N[C@@H]21)c1cccc(C(=O)NNCCCC[C@H](NC(=O)OC(C)(C)C)C(=O)O)c1C. The number of ether oxygens (including phenoxy) is 1. The Labute approximate surface area is 335 Å². The summed E-state index contributed by atoms with van der Waals surface area (Å²) in [7, 11) is 0. The lowest BCUT2D eigenvalue weighted by atomic mass is 9.84. The molecule has 16 heteroatoms. The predicted molar refractivity (Wildman–Crippen MR) is 216 cm³/mol. The molecule has 0 aromatic heterocycles. The van der Waals surface area contributed by atoms with Gasteiger partial charge in [0.05, 0.1) is 12.1 Å². The van der Waals surface area contributed by atoms with Crippen molar-refractivity contribution in [3.05, 3.63) is 34.9 Å². The number of hydrogen-bond acceptors (Lipinski definition) is 9. The third kappa shape index (κ3) is 14.5. The van der Waals surface area contributed by atoms with Crippen LogP contribution in [0.4, 0.5) is 9.59 Å². The number of carbonyl (C=O) groups is 6. The number of nitrogens with one attached hydrogen (secondary N) is 6. The van der Waals surface area contributed by atoms with Crippen LogP contribution in [0.2, 0.25) is 0 Å². The molecule has 2 aliphatic heterocycles. The number of alkyl carbamates (subject to hydrolysis) is 1. The molecule has 56 heavy (non-hydrogen) atoms. The number of carbonyl (C=O) groups excluding carboxylic acids is 4. The van der Waals surface area contributed by atoms with Gasteiger partial charge in [-0.2, -0.15) is 0 Å². The number of carboxylic acids is 2. The highest BCUT2D eigenvalue weighted by Gasteiger charge is 2.57. The summed E-state index contributed by atoms with van der Waals surface area (Å²) < 4.78 is 4.32. The Balaban J connectivity index is 1.51. The molecule has 15 nitrogen and oxygen atoms in total. The second-order valence-electron chi connectivity index (χ2n) is 15.9. The lowest BCUT2D eigenvalue weighted by Crippen LogP contribution is -2.56. The molecule has 0 aliphatic carbocycles. The van der Waals surface area contributed by atoms with E-state index >= 15 is 0 Å². The predicted octanol–water partition coefficient (Wildman–Crippen LogP) is 5.51. The Morgan fingerprint density at radius 3 is 2.32 bits per heavy atom. The second kappa shape index (κ2) is 22.6. The van der Waals surface area contributed by atoms with Crippen LogP contribution in [0.3, 0.4) is 0 Å². The van der Waals surface area contributed by atoms with Gasteiger partial charge in [-0.3, -0.25) is 19.8 Å². The summed E-state index contributed by atoms with van der Waals surface area (Å²) in [4.78, 5) is 73.8. The summed E-state index contributed by atoms with van der Waals surface area (Å²) >= 11 is 1.54. The molecule has 2 heterocycles. The van der Waals surface area contributed by atoms with Gasteiger partial charge in [0.1, 0.15) is 16.4 Å². The molecule has 0 radical (unpaired) electrons. The quantitative estimate of drug-likeness (QED) is 0.0350. The van der Waals surface area contributed by atoms with Crippen LogP contribution in [-0.4, -0.2) is 93.4 Å². The molecule has 0 saturated carbocycles. The zero-order valence-electron chi connectivity index (χ0n) is 33.7. The number of fused-ring (bicyclic) bond motifs is 1. The Hall–Kier alpha value is -4.05. The molecule has 2 aliphatic rings. The Kier molecular flexibility index (Phi) is 18.7. The molecular weight excluding hydrogens is 741 g/mol. The number of carboxylic acid groups (broad SMARTS) is 2. The number of aliphatic carboxylic acids is 2. The maximum absolute atomic E-state index is 13.7. The number of hydrogen-bond donors (Lipinski definition) is 8. The van der Waals surface area contributed by atoms with E-state index in [2.05, 4.69) is 45.1 Å². The fourth-order valence-electron chi connectivity index (χ4n) is 7.44. The van der Waals surface area contributed by atoms with E-state index in [1.54, 1.807) is 26.8 Å². The summed E-state index contributed by atoms with van der Waals surface area (Å²) in [6, 6.07) is 3.97. The first kappa shape index (κ1) is 46.3. The number of amides is 5. The fourth-order valence-corrected chi connectivity index (χ4v) is 9.09. The normalized spacial score (nSPS) is 19.9. The van der Waals surface area contributed by atoms with Crippen molar-refractivity contribution in [3.8, 4) is 0 Å². The first-order chi connectivity index (χ1) is 26.6. The second-order valence-corrected chi connectivity index (χ2v) is 17.2. The van der Waals surface area contributed by atoms with Crippen LogP contribution in [0.1, 0.15) is 145 Å². The van der Waals surface area contributed by atoms with Crippen LogP contribution in [0, 0.1) is 6.92 Å². The van der Waals surface area contributed by atoms with Crippen molar-refractivity contribution >= 4 is 47.6 Å². The Bertz CT molecular complexity index is 1500. The van der Waals surface area contributed by atoms with Crippen molar-refractivity contribution < 1.29 is 43.7 Å². The monoisotopic (exact) mass is 804 g/mol. The van der Waals surface area contributed by atoms with Crippen LogP contribution in [0.5, 0.6) is 0 Å². The van der Waals surface area contributed by atoms with Crippen LogP contribution in [-0.2, 0) is 19.1 Å². The highest BCUT2D eigenvalue weighted by molar-refractivity contribution is 8.01. The van der Waals surface area contributed by atoms with Crippen molar-refractivity contribution in [1.82, 2.24) is 32.1 Å². The number of urea groups is 1. The lowest BCUT2D eigenvalue weighted by Gasteiger charge is -2.32. The summed E-state index contributed by atoms with van der Waals surface area (Å²) in [6.45, 7) is 10.2. The fraction of sp³-hybridized carbons (Fsp3) is 0.700. The van der Waals surface area contributed by atoms with Crippen LogP contribution in [0.25, 0.3) is 0 Å². The van der Waals surface area contributed by atoms with Gasteiger partial charge < -0.3 is 36.2 Å². The highest BCUT2D eigenvalue weighted by atomic mass is 32.2. The summed E-state index contributed by atoms with van der Waals surface area (Å²) in [6.07, 6.45) is 8.85. The average Bonchev–Trinajstić information content (AvgIpc) is 3.66. The number of hydrazine groups is 1. The molecule has 314 valence electrons. The van der Waals surface area contributed by atoms with Crippen molar-refractivity contribution in [2.75, 3.05) is 18.8 Å². The van der Waals surface area contributed by atoms with Gasteiger partial charge in [-0.05, 0) is 102 Å². The highest BCUT2D eigenvalue weighted by Crippen LogP contribution is 2.44. The molecule has 1 aromatic rings. The van der Waals surface area contributed by atoms with Crippen molar-refractivity contribution in [2.24, 2.45) is 0 Å². The van der Waals surface area contributed by atoms with Gasteiger partial charge >= 0.3 is 24.1 Å². The van der Waals surface area contributed by atoms with Crippen LogP contribution < -0.4 is 32.1 Å². The van der Waals surface area contributed by atoms with Crippen LogP contribution >= 0.6 is 11.8 Å². The van der Waals surface area contributed by atoms with E-state index in [9.17, 15) is 33.9 Å². The molecule has 0 bridgehead atoms. The maximum atomic E-state index is 13.7. The van der Waals surface area contributed by atoms with Gasteiger partial charge in [0.25, 0.3) is 5.91 Å². The van der Waals surface area contributed by atoms with E-state index in [-0.39, 0.29) is 48.7 Å². The van der Waals surface area contributed by atoms with Gasteiger partial charge in [0.15, 0.2) is 0 Å². The summed E-state index contributed by atoms with van der Waals surface area (Å²) in [5.41, 5.74) is 7.61. The molecule has 3 rings (SSSR count). The minimum atomic E-state index is -1.14. The van der Waals surface area contributed by atoms with E-state index in [0.717, 1.165) is 56.1 Å². The molecule has 2 fully saturated rings. The lowest BCUT2D eigenvalue weighted by molar-refractivity contribution is -0.140. The minimum absolute atomic E-state index is 0.0432. The van der Waals surface area contributed by atoms with E-state index in [1.165, 1.54) is 11.8 Å². The van der Waals surface area contributed by atoms with Crippen molar-refractivity contribution in [1.29, 1.82) is 0 Å². The van der Waals surface area contributed by atoms with Gasteiger partial charge in [-0.1, -0.05) is 51.2 Å². The van der Waals surface area contributed by atoms with E-state index < -0.39 is 34.4 Å². The number of thioether (sulfide) groups is 1. The number of unbranched alkanes of at least 4 members (excludes halogenated alkanes) is 5. The molecule has 2 saturated heterocycles. The third-order valence-corrected chi connectivity index (χ3v) is 12.0. The largest absolute Gasteiger partial charge is 0.481 e. The van der Waals surface area contributed by atoms with Crippen molar-refractivity contribution in [3.63, 3.8) is 0 Å². The molecule has 0 spiro atoms. The molecule has 8 N–H and O–H groups in total. The molecule has 1 aromatic carbocycles. The Morgan fingerprint density at radius 1 is 0.946 bits per heavy atom. The van der Waals surface area contributed by atoms with E-state index in [4.69, 9.17) is 9.84 Å². The van der Waals surface area contributed by atoms with Gasteiger partial charge in [0.2, 0.25) is 5.91 Å². The van der Waals surface area contributed by atoms with Crippen molar-refractivity contribution in [2.45, 2.75) is 159 Å². The molecular formula is C40H64N6O9S. The minimum Gasteiger partial charge on any atom is -0.481 e. The Morgan fingerprint density at radius 2 is 1.64 bits per heavy atom. The molecule has 5 amide bonds. The topological polar surface area (TPSA) is 224 Å². The van der Waals surface area contributed by atoms with Gasteiger partial charge in [-0.25, -0.2) is 19.8 Å². The third-order valence-electron chi connectivity index (χ3n) is 10.3. The van der Waals surface area contributed by atoms with E-state index in [1.807, 2.05) is 13.0 Å². The summed E-state index contributed by atoms with van der Waals surface area (Å²) in [5, 5.41) is 30.0. The first-order valence-corrected chi connectivity index (χ1v) is 21.1. The number of benzene rings is 1. The van der Waals surface area contributed by atoms with Crippen LogP contribution in [0.15, 0.2) is 18.2 Å². The van der Waals surface area contributed by atoms with Gasteiger partial charge in [-0.15, -0.1) is 11.8 Å². The maximum Gasteiger partial charge on any atom is 0.408 e. The zero-order chi connectivity index (χ0) is 41.3. The average molecular weight is 805 g/mol. The first-order valence-electron chi connectivity index (χ1n) is 20.1. The molecule has 1 unspecified atom stereocenters. The smallest absolute Gasteiger partial charge is 0.408 e. The van der Waals surface area contributed by atoms with E-state index in [0.29, 0.717) is 56.5 Å². The zero-order valence-corrected chi connectivity index (χ0v) is 34.5. The van der Waals surface area contributed by atoms with Gasteiger partial charge in [0, 0.05) is 30.8 Å². The number of rotatable bonds is 25. The molecule has 5 atom stereocenters. The summed E-state index contributed by atoms with van der Waals surface area (Å²) in [5.74, 6) is -1.52.